The smallest absolute Gasteiger partial charge is 0.176 e. The molecule has 0 amide bonds. The van der Waals surface area contributed by atoms with Crippen molar-refractivity contribution >= 4 is 6.08 Å². The van der Waals surface area contributed by atoms with Gasteiger partial charge in [-0.2, -0.15) is 0 Å². The Morgan fingerprint density at radius 2 is 2.33 bits per heavy atom. The zero-order chi connectivity index (χ0) is 7.97. The maximum absolute atomic E-state index is 4.23. The third-order valence-electron chi connectivity index (χ3n) is 2.16. The first-order chi connectivity index (χ1) is 5.95. The second-order valence-corrected chi connectivity index (χ2v) is 2.85. The van der Waals surface area contributed by atoms with E-state index in [0.29, 0.717) is 0 Å². The molecule has 3 nitrogen and oxygen atoms in total. The molecule has 3 heteroatoms. The average Bonchev–Trinajstić information content (AvgIpc) is 2.71. The molecule has 0 fully saturated rings. The van der Waals surface area contributed by atoms with Gasteiger partial charge in [0.1, 0.15) is 0 Å². The second-order valence-electron chi connectivity index (χ2n) is 2.85. The number of hydrogen-bond acceptors (Lipinski definition) is 2. The molecule has 0 radical (unpaired) electrons. The first kappa shape index (κ1) is 5.94. The van der Waals surface area contributed by atoms with Crippen LogP contribution >= 0.6 is 0 Å². The van der Waals surface area contributed by atoms with Gasteiger partial charge < -0.3 is 4.57 Å². The molecular formula is C9H7N3. The van der Waals surface area contributed by atoms with E-state index in [2.05, 4.69) is 26.7 Å². The van der Waals surface area contributed by atoms with E-state index >= 15 is 0 Å². The fourth-order valence-electron chi connectivity index (χ4n) is 1.58. The number of allylic oxidation sites excluding steroid dienone is 1. The monoisotopic (exact) mass is 157 g/mol. The van der Waals surface area contributed by atoms with Gasteiger partial charge in [0.2, 0.25) is 0 Å². The van der Waals surface area contributed by atoms with Gasteiger partial charge in [0, 0.05) is 12.7 Å². The Labute approximate surface area is 69.7 Å². The van der Waals surface area contributed by atoms with E-state index in [1.54, 1.807) is 6.20 Å². The highest BCUT2D eigenvalue weighted by Crippen LogP contribution is 2.22. The van der Waals surface area contributed by atoms with Gasteiger partial charge in [-0.1, -0.05) is 6.08 Å². The van der Waals surface area contributed by atoms with Gasteiger partial charge in [-0.25, -0.2) is 9.97 Å². The fraction of sp³-hybridized carbons (Fsp3) is 0.111. The highest BCUT2D eigenvalue weighted by Gasteiger charge is 2.13. The van der Waals surface area contributed by atoms with Gasteiger partial charge in [0.05, 0.1) is 17.6 Å². The molecule has 58 valence electrons. The highest BCUT2D eigenvalue weighted by atomic mass is 15.1. The molecule has 0 saturated carbocycles. The zero-order valence-corrected chi connectivity index (χ0v) is 6.44. The number of fused-ring (bicyclic) bond motifs is 3. The lowest BCUT2D eigenvalue weighted by Crippen LogP contribution is -2.02. The molecule has 0 N–H and O–H groups in total. The van der Waals surface area contributed by atoms with Crippen LogP contribution in [0.25, 0.3) is 17.6 Å². The lowest BCUT2D eigenvalue weighted by molar-refractivity contribution is 0.824. The van der Waals surface area contributed by atoms with Crippen molar-refractivity contribution in [1.29, 1.82) is 0 Å². The van der Waals surface area contributed by atoms with Crippen LogP contribution in [-0.2, 0) is 6.54 Å². The third kappa shape index (κ3) is 0.605. The lowest BCUT2D eigenvalue weighted by Gasteiger charge is -2.07. The first-order valence-corrected chi connectivity index (χ1v) is 3.92. The van der Waals surface area contributed by atoms with Crippen molar-refractivity contribution in [2.24, 2.45) is 0 Å². The molecule has 3 heterocycles. The van der Waals surface area contributed by atoms with E-state index in [1.165, 1.54) is 0 Å². The van der Waals surface area contributed by atoms with E-state index in [9.17, 15) is 0 Å². The summed E-state index contributed by atoms with van der Waals surface area (Å²) in [6.07, 6.45) is 7.87. The summed E-state index contributed by atoms with van der Waals surface area (Å²) in [6, 6.07) is 2.00. The van der Waals surface area contributed by atoms with Crippen LogP contribution in [0, 0.1) is 0 Å². The van der Waals surface area contributed by atoms with Crippen LogP contribution in [0.1, 0.15) is 5.69 Å². The topological polar surface area (TPSA) is 30.7 Å². The Morgan fingerprint density at radius 3 is 3.33 bits per heavy atom. The van der Waals surface area contributed by atoms with Crippen molar-refractivity contribution in [2.45, 2.75) is 6.54 Å². The minimum absolute atomic E-state index is 0.836. The molecule has 0 spiro atoms. The molecule has 0 bridgehead atoms. The van der Waals surface area contributed by atoms with Crippen LogP contribution in [0.5, 0.6) is 0 Å². The van der Waals surface area contributed by atoms with Crippen LogP contribution in [-0.4, -0.2) is 14.5 Å². The van der Waals surface area contributed by atoms with Crippen LogP contribution in [0.2, 0.25) is 0 Å². The molecule has 3 aliphatic heterocycles. The van der Waals surface area contributed by atoms with E-state index in [-0.39, 0.29) is 0 Å². The van der Waals surface area contributed by atoms with Crippen molar-refractivity contribution < 1.29 is 0 Å². The van der Waals surface area contributed by atoms with Crippen LogP contribution < -0.4 is 0 Å². The van der Waals surface area contributed by atoms with E-state index in [4.69, 9.17) is 0 Å². The number of nitrogens with zero attached hydrogens (tertiary/aromatic N) is 3. The van der Waals surface area contributed by atoms with Gasteiger partial charge in [0.25, 0.3) is 0 Å². The van der Waals surface area contributed by atoms with E-state index < -0.39 is 0 Å². The summed E-state index contributed by atoms with van der Waals surface area (Å²) < 4.78 is 2.20. The van der Waals surface area contributed by atoms with Crippen molar-refractivity contribution in [3.8, 4) is 11.5 Å². The number of aromatic nitrogens is 3. The third-order valence-corrected chi connectivity index (χ3v) is 2.16. The molecule has 0 unspecified atom stereocenters. The Kier molecular flexibility index (Phi) is 0.961. The van der Waals surface area contributed by atoms with Crippen LogP contribution in [0.15, 0.2) is 24.5 Å². The van der Waals surface area contributed by atoms with E-state index in [1.807, 2.05) is 12.3 Å². The minimum Gasteiger partial charge on any atom is -0.333 e. The summed E-state index contributed by atoms with van der Waals surface area (Å²) in [5.41, 5.74) is 2.29. The molecule has 0 aromatic carbocycles. The van der Waals surface area contributed by atoms with Crippen molar-refractivity contribution in [3.05, 3.63) is 30.2 Å². The molecule has 0 saturated heterocycles. The van der Waals surface area contributed by atoms with Gasteiger partial charge in [-0.15, -0.1) is 0 Å². The predicted molar refractivity (Wildman–Crippen MR) is 45.7 cm³/mol. The Balaban J connectivity index is 2.41. The standard InChI is InChI=1S/C9H7N3/c1-2-7-6-11-9-8(3-4-10-9)12(7)5-1/h1-4,6H,5H2. The second kappa shape index (κ2) is 1.94. The summed E-state index contributed by atoms with van der Waals surface area (Å²) >= 11 is 0. The van der Waals surface area contributed by atoms with Crippen LogP contribution in [0.4, 0.5) is 0 Å². The molecule has 3 rings (SSSR count). The minimum atomic E-state index is 0.836. The number of rotatable bonds is 0. The van der Waals surface area contributed by atoms with Crippen LogP contribution in [0.3, 0.4) is 0 Å². The molecule has 0 aromatic heterocycles. The molecule has 0 aromatic rings. The van der Waals surface area contributed by atoms with Gasteiger partial charge in [-0.3, -0.25) is 0 Å². The maximum atomic E-state index is 4.23. The Hall–Kier alpha value is -1.64. The van der Waals surface area contributed by atoms with Gasteiger partial charge in [-0.05, 0) is 12.1 Å². The van der Waals surface area contributed by atoms with Crippen molar-refractivity contribution in [2.75, 3.05) is 0 Å². The zero-order valence-electron chi connectivity index (χ0n) is 6.44. The maximum Gasteiger partial charge on any atom is 0.176 e. The highest BCUT2D eigenvalue weighted by molar-refractivity contribution is 5.59. The van der Waals surface area contributed by atoms with Crippen molar-refractivity contribution in [1.82, 2.24) is 14.5 Å². The Morgan fingerprint density at radius 1 is 1.33 bits per heavy atom. The first-order valence-electron chi connectivity index (χ1n) is 3.92. The summed E-state index contributed by atoms with van der Waals surface area (Å²) in [6.45, 7) is 0.944. The van der Waals surface area contributed by atoms with Crippen molar-refractivity contribution in [3.63, 3.8) is 0 Å². The summed E-state index contributed by atoms with van der Waals surface area (Å²) in [5.74, 6) is 0.836. The number of hydrogen-bond donors (Lipinski definition) is 0. The molecule has 3 aliphatic rings. The average molecular weight is 157 g/mol. The molecule has 0 atom stereocenters. The summed E-state index contributed by atoms with van der Waals surface area (Å²) in [7, 11) is 0. The molecule has 0 aliphatic carbocycles. The van der Waals surface area contributed by atoms with E-state index in [0.717, 1.165) is 23.8 Å². The van der Waals surface area contributed by atoms with Gasteiger partial charge >= 0.3 is 0 Å². The Bertz CT molecular complexity index is 428. The molecular weight excluding hydrogens is 150 g/mol. The normalized spacial score (nSPS) is 14.0. The quantitative estimate of drug-likeness (QED) is 0.578. The summed E-state index contributed by atoms with van der Waals surface area (Å²) in [5, 5.41) is 0. The predicted octanol–water partition coefficient (Wildman–Crippen LogP) is 1.41. The SMILES string of the molecule is C1=Cc2cnc3nccc-3n2C1. The van der Waals surface area contributed by atoms with Gasteiger partial charge in [0.15, 0.2) is 5.82 Å². The summed E-state index contributed by atoms with van der Waals surface area (Å²) in [4.78, 5) is 8.37. The fourth-order valence-corrected chi connectivity index (χ4v) is 1.58. The lowest BCUT2D eigenvalue weighted by atomic mass is 10.3. The largest absolute Gasteiger partial charge is 0.333 e. The molecule has 12 heavy (non-hydrogen) atoms.